The first-order chi connectivity index (χ1) is 11.3. The van der Waals surface area contributed by atoms with E-state index in [0.29, 0.717) is 18.9 Å². The van der Waals surface area contributed by atoms with Crippen LogP contribution in [0.1, 0.15) is 46.5 Å². The topological polar surface area (TPSA) is 62.1 Å². The average Bonchev–Trinajstić information content (AvgIpc) is 2.52. The molecule has 4 nitrogen and oxygen atoms in total. The number of carbonyl (C=O) groups excluding carboxylic acids is 1. The molecule has 0 aromatic heterocycles. The molecule has 0 heterocycles. The second-order valence-electron chi connectivity index (χ2n) is 7.34. The molecule has 0 aliphatic heterocycles. The number of amides is 1. The van der Waals surface area contributed by atoms with Gasteiger partial charge in [0.25, 0.3) is 0 Å². The van der Waals surface area contributed by atoms with Crippen LogP contribution in [0.25, 0.3) is 0 Å². The van der Waals surface area contributed by atoms with E-state index in [0.717, 1.165) is 24.8 Å². The maximum atomic E-state index is 13.9. The molecule has 2 rings (SSSR count). The monoisotopic (exact) mass is 332 g/mol. The van der Waals surface area contributed by atoms with Gasteiger partial charge in [-0.25, -0.2) is 9.18 Å². The number of ether oxygens (including phenoxy) is 1. The average molecular weight is 332 g/mol. The zero-order valence-electron chi connectivity index (χ0n) is 14.6. The van der Waals surface area contributed by atoms with Gasteiger partial charge in [-0.15, -0.1) is 0 Å². The number of rotatable bonds is 3. The Morgan fingerprint density at radius 2 is 2.21 bits per heavy atom. The summed E-state index contributed by atoms with van der Waals surface area (Å²) < 4.78 is 19.1. The van der Waals surface area contributed by atoms with Gasteiger partial charge in [-0.1, -0.05) is 23.3 Å². The molecule has 5 heteroatoms. The Labute approximate surface area is 143 Å². The van der Waals surface area contributed by atoms with Crippen molar-refractivity contribution in [3.05, 3.63) is 34.9 Å². The summed E-state index contributed by atoms with van der Waals surface area (Å²) in [7, 11) is 0. The Balaban J connectivity index is 1.84. The van der Waals surface area contributed by atoms with Gasteiger partial charge >= 0.3 is 6.09 Å². The highest BCUT2D eigenvalue weighted by Gasteiger charge is 2.25. The number of halogens is 1. The normalized spacial score (nSPS) is 24.2. The molecule has 2 aliphatic rings. The third kappa shape index (κ3) is 5.23. The molecule has 0 fully saturated rings. The predicted octanol–water partition coefficient (Wildman–Crippen LogP) is 4.36. The third-order valence-corrected chi connectivity index (χ3v) is 4.25. The molecule has 0 spiro atoms. The van der Waals surface area contributed by atoms with E-state index < -0.39 is 17.9 Å². The first-order valence-corrected chi connectivity index (χ1v) is 8.38. The van der Waals surface area contributed by atoms with Crippen molar-refractivity contribution in [3.8, 4) is 6.07 Å². The SMILES string of the molecule is CC(C)(C)OC(=O)NCC1=CCC(C2=CC=C(C#N)C(F)C2)CC1. The Kier molecular flexibility index (Phi) is 5.82. The maximum absolute atomic E-state index is 13.9. The van der Waals surface area contributed by atoms with Crippen molar-refractivity contribution in [2.24, 2.45) is 5.92 Å². The molecule has 0 saturated heterocycles. The fourth-order valence-electron chi connectivity index (χ4n) is 2.98. The lowest BCUT2D eigenvalue weighted by Gasteiger charge is -2.27. The summed E-state index contributed by atoms with van der Waals surface area (Å²) >= 11 is 0. The Hall–Kier alpha value is -2.09. The number of nitriles is 1. The van der Waals surface area contributed by atoms with Crippen molar-refractivity contribution >= 4 is 6.09 Å². The minimum atomic E-state index is -1.17. The van der Waals surface area contributed by atoms with Crippen molar-refractivity contribution in [2.75, 3.05) is 6.54 Å². The number of nitrogens with zero attached hydrogens (tertiary/aromatic N) is 1. The summed E-state index contributed by atoms with van der Waals surface area (Å²) in [6.45, 7) is 5.99. The number of hydrogen-bond acceptors (Lipinski definition) is 3. The molecule has 24 heavy (non-hydrogen) atoms. The first kappa shape index (κ1) is 18.3. The van der Waals surface area contributed by atoms with Gasteiger partial charge < -0.3 is 10.1 Å². The lowest BCUT2D eigenvalue weighted by atomic mass is 9.80. The predicted molar refractivity (Wildman–Crippen MR) is 91.0 cm³/mol. The van der Waals surface area contributed by atoms with E-state index in [9.17, 15) is 9.18 Å². The van der Waals surface area contributed by atoms with Gasteiger partial charge in [0.15, 0.2) is 0 Å². The van der Waals surface area contributed by atoms with Crippen LogP contribution in [-0.4, -0.2) is 24.4 Å². The van der Waals surface area contributed by atoms with E-state index in [1.54, 1.807) is 6.08 Å². The maximum Gasteiger partial charge on any atom is 0.407 e. The number of allylic oxidation sites excluding steroid dienone is 5. The summed E-state index contributed by atoms with van der Waals surface area (Å²) in [6, 6.07) is 1.91. The number of hydrogen-bond donors (Lipinski definition) is 1. The molecular weight excluding hydrogens is 307 g/mol. The number of nitrogens with one attached hydrogen (secondary N) is 1. The molecule has 2 aliphatic carbocycles. The van der Waals surface area contributed by atoms with Gasteiger partial charge in [-0.05, 0) is 52.0 Å². The molecule has 0 saturated carbocycles. The number of carbonyl (C=O) groups is 1. The fourth-order valence-corrected chi connectivity index (χ4v) is 2.98. The summed E-state index contributed by atoms with van der Waals surface area (Å²) in [4.78, 5) is 11.7. The van der Waals surface area contributed by atoms with Gasteiger partial charge in [0.2, 0.25) is 0 Å². The molecular formula is C19H25FN2O2. The lowest BCUT2D eigenvalue weighted by molar-refractivity contribution is 0.0532. The van der Waals surface area contributed by atoms with Crippen molar-refractivity contribution in [3.63, 3.8) is 0 Å². The molecule has 2 atom stereocenters. The molecule has 0 bridgehead atoms. The van der Waals surface area contributed by atoms with Gasteiger partial charge in [0.05, 0.1) is 11.6 Å². The minimum absolute atomic E-state index is 0.215. The van der Waals surface area contributed by atoms with E-state index in [2.05, 4.69) is 11.4 Å². The first-order valence-electron chi connectivity index (χ1n) is 8.38. The second-order valence-corrected chi connectivity index (χ2v) is 7.34. The smallest absolute Gasteiger partial charge is 0.407 e. The van der Waals surface area contributed by atoms with Crippen LogP contribution in [0.15, 0.2) is 34.9 Å². The van der Waals surface area contributed by atoms with Gasteiger partial charge in [0.1, 0.15) is 11.8 Å². The van der Waals surface area contributed by atoms with E-state index in [1.807, 2.05) is 32.9 Å². The Bertz CT molecular complexity index is 620. The van der Waals surface area contributed by atoms with Crippen LogP contribution in [0.5, 0.6) is 0 Å². The van der Waals surface area contributed by atoms with Crippen LogP contribution >= 0.6 is 0 Å². The van der Waals surface area contributed by atoms with Crippen molar-refractivity contribution in [2.45, 2.75) is 58.2 Å². The van der Waals surface area contributed by atoms with Crippen LogP contribution in [0.4, 0.5) is 9.18 Å². The molecule has 0 aromatic rings. The largest absolute Gasteiger partial charge is 0.444 e. The van der Waals surface area contributed by atoms with Crippen molar-refractivity contribution in [1.82, 2.24) is 5.32 Å². The van der Waals surface area contributed by atoms with Crippen LogP contribution in [0, 0.1) is 17.2 Å². The second kappa shape index (κ2) is 7.65. The van der Waals surface area contributed by atoms with Crippen LogP contribution in [0.3, 0.4) is 0 Å². The lowest BCUT2D eigenvalue weighted by Crippen LogP contribution is -2.33. The van der Waals surface area contributed by atoms with Gasteiger partial charge in [0, 0.05) is 13.0 Å². The standard InChI is InChI=1S/C19H25FN2O2/c1-19(2,3)24-18(23)22-12-13-4-6-14(7-5-13)15-8-9-16(11-21)17(20)10-15/h4,8-9,14,17H,5-7,10,12H2,1-3H3,(H,22,23). The van der Waals surface area contributed by atoms with Crippen molar-refractivity contribution < 1.29 is 13.9 Å². The summed E-state index contributed by atoms with van der Waals surface area (Å²) in [5.74, 6) is 0.324. The third-order valence-electron chi connectivity index (χ3n) is 4.25. The van der Waals surface area contributed by atoms with Crippen LogP contribution < -0.4 is 5.32 Å². The van der Waals surface area contributed by atoms with Crippen LogP contribution in [-0.2, 0) is 4.74 Å². The fraction of sp³-hybridized carbons (Fsp3) is 0.579. The summed E-state index contributed by atoms with van der Waals surface area (Å²) in [6.07, 6.45) is 7.04. The highest BCUT2D eigenvalue weighted by atomic mass is 19.1. The summed E-state index contributed by atoms with van der Waals surface area (Å²) in [5, 5.41) is 11.6. The molecule has 1 N–H and O–H groups in total. The molecule has 1 amide bonds. The Morgan fingerprint density at radius 1 is 1.46 bits per heavy atom. The van der Waals surface area contributed by atoms with Gasteiger partial charge in [-0.2, -0.15) is 5.26 Å². The molecule has 2 unspecified atom stereocenters. The molecule has 130 valence electrons. The van der Waals surface area contributed by atoms with Crippen LogP contribution in [0.2, 0.25) is 0 Å². The quantitative estimate of drug-likeness (QED) is 0.781. The highest BCUT2D eigenvalue weighted by molar-refractivity contribution is 5.68. The minimum Gasteiger partial charge on any atom is -0.444 e. The zero-order chi connectivity index (χ0) is 17.7. The van der Waals surface area contributed by atoms with E-state index in [1.165, 1.54) is 5.57 Å². The zero-order valence-corrected chi connectivity index (χ0v) is 14.6. The van der Waals surface area contributed by atoms with Crippen molar-refractivity contribution in [1.29, 1.82) is 5.26 Å². The highest BCUT2D eigenvalue weighted by Crippen LogP contribution is 2.34. The van der Waals surface area contributed by atoms with E-state index in [-0.39, 0.29) is 5.57 Å². The summed E-state index contributed by atoms with van der Waals surface area (Å²) in [5.41, 5.74) is 1.98. The molecule has 0 radical (unpaired) electrons. The van der Waals surface area contributed by atoms with E-state index in [4.69, 9.17) is 10.00 Å². The number of alkyl carbamates (subject to hydrolysis) is 1. The van der Waals surface area contributed by atoms with E-state index >= 15 is 0 Å². The van der Waals surface area contributed by atoms with Gasteiger partial charge in [-0.3, -0.25) is 0 Å². The molecule has 0 aromatic carbocycles. The number of alkyl halides is 1. The Morgan fingerprint density at radius 3 is 2.75 bits per heavy atom.